The van der Waals surface area contributed by atoms with E-state index in [-0.39, 0.29) is 29.7 Å². The largest absolute Gasteiger partial charge is 0.457 e. The summed E-state index contributed by atoms with van der Waals surface area (Å²) in [5.41, 5.74) is 4.70. The monoisotopic (exact) mass is 510 g/mol. The number of likely N-dealkylation sites (tertiary alicyclic amines) is 1. The van der Waals surface area contributed by atoms with Gasteiger partial charge in [-0.25, -0.2) is 13.2 Å². The van der Waals surface area contributed by atoms with Crippen molar-refractivity contribution in [2.24, 2.45) is 5.41 Å². The molecule has 1 atom stereocenters. The van der Waals surface area contributed by atoms with Crippen molar-refractivity contribution in [3.8, 4) is 0 Å². The molecule has 2 fully saturated rings. The Kier molecular flexibility index (Phi) is 5.51. The predicted molar refractivity (Wildman–Crippen MR) is 133 cm³/mol. The Morgan fingerprint density at radius 2 is 1.92 bits per heavy atom. The molecule has 190 valence electrons. The van der Waals surface area contributed by atoms with Gasteiger partial charge < -0.3 is 19.6 Å². The number of aliphatic hydroxyl groups is 1. The van der Waals surface area contributed by atoms with Crippen LogP contribution in [-0.2, 0) is 32.4 Å². The fourth-order valence-electron chi connectivity index (χ4n) is 6.33. The quantitative estimate of drug-likeness (QED) is 0.631. The Morgan fingerprint density at radius 3 is 2.69 bits per heavy atom. The topological polar surface area (TPSA) is 104 Å². The lowest BCUT2D eigenvalue weighted by molar-refractivity contribution is -0.118. The van der Waals surface area contributed by atoms with Crippen molar-refractivity contribution in [3.63, 3.8) is 0 Å². The number of carbonyl (C=O) groups excluding carboxylic acids is 2. The smallest absolute Gasteiger partial charge is 0.338 e. The lowest BCUT2D eigenvalue weighted by Crippen LogP contribution is -2.43. The van der Waals surface area contributed by atoms with E-state index >= 15 is 0 Å². The molecule has 4 aliphatic heterocycles. The van der Waals surface area contributed by atoms with Crippen LogP contribution in [0.4, 0.5) is 5.69 Å². The number of β-amino-alcohol motifs (C(OH)–C–C–N with tert-alkyl or cyclic N) is 1. The van der Waals surface area contributed by atoms with Gasteiger partial charge >= 0.3 is 5.97 Å². The van der Waals surface area contributed by atoms with Crippen LogP contribution in [0.3, 0.4) is 0 Å². The second kappa shape index (κ2) is 8.39. The Balaban J connectivity index is 1.10. The predicted octanol–water partition coefficient (Wildman–Crippen LogP) is 2.55. The molecule has 2 saturated heterocycles. The van der Waals surface area contributed by atoms with Crippen molar-refractivity contribution in [2.45, 2.75) is 50.2 Å². The Bertz CT molecular complexity index is 1380. The van der Waals surface area contributed by atoms with Crippen LogP contribution in [0.5, 0.6) is 0 Å². The van der Waals surface area contributed by atoms with E-state index in [1.54, 1.807) is 18.2 Å². The molecule has 0 saturated carbocycles. The third-order valence-electron chi connectivity index (χ3n) is 8.57. The van der Waals surface area contributed by atoms with Crippen LogP contribution in [-0.4, -0.2) is 62.2 Å². The van der Waals surface area contributed by atoms with E-state index in [1.807, 2.05) is 24.0 Å². The SMILES string of the molecule is Cc1c(C(O)CN2CCC3(CC2)CC(=O)N(c2ccc4c(c2)CCS4(=O)=O)C3)ccc2c1COC2=O. The van der Waals surface area contributed by atoms with Gasteiger partial charge in [-0.15, -0.1) is 0 Å². The number of hydrogen-bond acceptors (Lipinski definition) is 7. The second-order valence-corrected chi connectivity index (χ2v) is 12.8. The summed E-state index contributed by atoms with van der Waals surface area (Å²) in [5.74, 6) is -0.0715. The third kappa shape index (κ3) is 3.84. The van der Waals surface area contributed by atoms with Gasteiger partial charge in [0.1, 0.15) is 6.61 Å². The van der Waals surface area contributed by atoms with E-state index in [0.717, 1.165) is 53.9 Å². The van der Waals surface area contributed by atoms with Crippen molar-refractivity contribution in [1.29, 1.82) is 0 Å². The molecule has 0 radical (unpaired) electrons. The van der Waals surface area contributed by atoms with Gasteiger partial charge in [-0.05, 0) is 85.6 Å². The average Bonchev–Trinajstić information content (AvgIpc) is 3.49. The van der Waals surface area contributed by atoms with Crippen molar-refractivity contribution < 1.29 is 27.9 Å². The number of benzene rings is 2. The number of rotatable bonds is 4. The highest BCUT2D eigenvalue weighted by molar-refractivity contribution is 7.91. The number of amides is 1. The molecule has 0 aliphatic carbocycles. The van der Waals surface area contributed by atoms with Gasteiger partial charge in [0.15, 0.2) is 9.84 Å². The second-order valence-electron chi connectivity index (χ2n) is 10.7. The van der Waals surface area contributed by atoms with Crippen LogP contribution in [0.2, 0.25) is 0 Å². The maximum Gasteiger partial charge on any atom is 0.338 e. The zero-order chi connectivity index (χ0) is 25.2. The van der Waals surface area contributed by atoms with E-state index in [1.165, 1.54) is 0 Å². The summed E-state index contributed by atoms with van der Waals surface area (Å²) in [4.78, 5) is 29.3. The summed E-state index contributed by atoms with van der Waals surface area (Å²) < 4.78 is 29.4. The zero-order valence-corrected chi connectivity index (χ0v) is 21.1. The molecule has 1 amide bonds. The lowest BCUT2D eigenvalue weighted by atomic mass is 9.77. The minimum absolute atomic E-state index is 0.0924. The van der Waals surface area contributed by atoms with Gasteiger partial charge in [-0.2, -0.15) is 0 Å². The summed E-state index contributed by atoms with van der Waals surface area (Å²) in [6.07, 6.45) is 2.07. The number of ether oxygens (including phenoxy) is 1. The number of aliphatic hydroxyl groups excluding tert-OH is 1. The first-order chi connectivity index (χ1) is 17.2. The summed E-state index contributed by atoms with van der Waals surface area (Å²) in [7, 11) is -3.18. The zero-order valence-electron chi connectivity index (χ0n) is 20.3. The highest BCUT2D eigenvalue weighted by Gasteiger charge is 2.45. The van der Waals surface area contributed by atoms with E-state index in [2.05, 4.69) is 4.90 Å². The molecule has 0 bridgehead atoms. The molecule has 2 aromatic rings. The van der Waals surface area contributed by atoms with Gasteiger partial charge in [-0.1, -0.05) is 6.07 Å². The average molecular weight is 511 g/mol. The van der Waals surface area contributed by atoms with Crippen LogP contribution in [0.15, 0.2) is 35.2 Å². The first-order valence-electron chi connectivity index (χ1n) is 12.5. The molecule has 9 heteroatoms. The van der Waals surface area contributed by atoms with Crippen LogP contribution < -0.4 is 4.90 Å². The minimum atomic E-state index is -3.18. The molecule has 1 unspecified atom stereocenters. The van der Waals surface area contributed by atoms with Gasteiger partial charge in [0, 0.05) is 30.8 Å². The number of cyclic esters (lactones) is 1. The van der Waals surface area contributed by atoms with E-state index in [9.17, 15) is 23.1 Å². The van der Waals surface area contributed by atoms with Gasteiger partial charge in [0.05, 0.1) is 22.3 Å². The number of aryl methyl sites for hydroxylation is 1. The highest BCUT2D eigenvalue weighted by atomic mass is 32.2. The number of piperidine rings is 1. The van der Waals surface area contributed by atoms with Crippen molar-refractivity contribution in [2.75, 3.05) is 36.8 Å². The molecule has 4 heterocycles. The Morgan fingerprint density at radius 1 is 1.14 bits per heavy atom. The number of esters is 1. The van der Waals surface area contributed by atoms with Gasteiger partial charge in [-0.3, -0.25) is 4.79 Å². The fourth-order valence-corrected chi connectivity index (χ4v) is 7.88. The van der Waals surface area contributed by atoms with Crippen LogP contribution >= 0.6 is 0 Å². The minimum Gasteiger partial charge on any atom is -0.457 e. The molecule has 36 heavy (non-hydrogen) atoms. The van der Waals surface area contributed by atoms with Crippen molar-refractivity contribution in [1.82, 2.24) is 4.90 Å². The number of carbonyl (C=O) groups is 2. The van der Waals surface area contributed by atoms with E-state index in [0.29, 0.717) is 36.4 Å². The molecule has 6 rings (SSSR count). The summed E-state index contributed by atoms with van der Waals surface area (Å²) in [5, 5.41) is 11.0. The number of fused-ring (bicyclic) bond motifs is 2. The summed E-state index contributed by atoms with van der Waals surface area (Å²) >= 11 is 0. The molecule has 1 N–H and O–H groups in total. The maximum atomic E-state index is 13.0. The Hall–Kier alpha value is -2.75. The van der Waals surface area contributed by atoms with Crippen molar-refractivity contribution >= 4 is 27.4 Å². The fraction of sp³-hybridized carbons (Fsp3) is 0.481. The normalized spacial score (nSPS) is 23.1. The molecule has 2 aromatic carbocycles. The first kappa shape index (κ1) is 23.6. The summed E-state index contributed by atoms with van der Waals surface area (Å²) in [6, 6.07) is 8.86. The molecule has 0 aromatic heterocycles. The third-order valence-corrected chi connectivity index (χ3v) is 10.4. The van der Waals surface area contributed by atoms with Crippen LogP contribution in [0, 0.1) is 12.3 Å². The first-order valence-corrected chi connectivity index (χ1v) is 14.2. The number of sulfone groups is 1. The summed E-state index contributed by atoms with van der Waals surface area (Å²) in [6.45, 7) is 4.93. The Labute approximate surface area is 210 Å². The number of hydrogen-bond donors (Lipinski definition) is 1. The van der Waals surface area contributed by atoms with E-state index < -0.39 is 15.9 Å². The molecule has 1 spiro atoms. The van der Waals surface area contributed by atoms with Crippen molar-refractivity contribution in [3.05, 3.63) is 58.1 Å². The molecular weight excluding hydrogens is 480 g/mol. The van der Waals surface area contributed by atoms with E-state index in [4.69, 9.17) is 4.74 Å². The van der Waals surface area contributed by atoms with Crippen LogP contribution in [0.1, 0.15) is 58.0 Å². The van der Waals surface area contributed by atoms with Crippen LogP contribution in [0.25, 0.3) is 0 Å². The van der Waals surface area contributed by atoms with Gasteiger partial charge in [0.2, 0.25) is 5.91 Å². The lowest BCUT2D eigenvalue weighted by Gasteiger charge is -2.39. The standard InChI is InChI=1S/C27H30N2O6S/c1-17-20(3-4-21-22(17)15-35-26(21)32)23(30)14-28-9-7-27(8-10-28)13-25(31)29(16-27)19-2-5-24-18(12-19)6-11-36(24,33)34/h2-5,12,23,30H,6-11,13-16H2,1H3. The molecular formula is C27H30N2O6S. The van der Waals surface area contributed by atoms with Gasteiger partial charge in [0.25, 0.3) is 0 Å². The number of anilines is 1. The molecule has 8 nitrogen and oxygen atoms in total. The highest BCUT2D eigenvalue weighted by Crippen LogP contribution is 2.43. The molecule has 4 aliphatic rings. The number of nitrogens with zero attached hydrogens (tertiary/aromatic N) is 2. The maximum absolute atomic E-state index is 13.0.